The average molecular weight is 247 g/mol. The summed E-state index contributed by atoms with van der Waals surface area (Å²) in [5.41, 5.74) is 6.97. The van der Waals surface area contributed by atoms with Crippen LogP contribution in [-0.2, 0) is 11.3 Å². The summed E-state index contributed by atoms with van der Waals surface area (Å²) in [7, 11) is 1.73. The van der Waals surface area contributed by atoms with Crippen molar-refractivity contribution in [1.82, 2.24) is 0 Å². The van der Waals surface area contributed by atoms with Gasteiger partial charge < -0.3 is 10.5 Å². The molecule has 2 aromatic rings. The zero-order valence-electron chi connectivity index (χ0n) is 9.98. The highest BCUT2D eigenvalue weighted by molar-refractivity contribution is 7.99. The van der Waals surface area contributed by atoms with Crippen LogP contribution < -0.4 is 5.73 Å². The molecule has 90 valence electrons. The molecule has 0 saturated carbocycles. The zero-order valence-corrected chi connectivity index (χ0v) is 10.8. The van der Waals surface area contributed by atoms with Crippen molar-refractivity contribution in [3.8, 4) is 0 Å². The van der Waals surface area contributed by atoms with Crippen molar-refractivity contribution in [3.05, 3.63) is 42.0 Å². The molecule has 0 unspecified atom stereocenters. The lowest BCUT2D eigenvalue weighted by Gasteiger charge is -2.09. The van der Waals surface area contributed by atoms with E-state index in [2.05, 4.69) is 36.4 Å². The fraction of sp³-hybridized carbons (Fsp3) is 0.286. The van der Waals surface area contributed by atoms with Crippen molar-refractivity contribution in [1.29, 1.82) is 0 Å². The number of ether oxygens (including phenoxy) is 1. The summed E-state index contributed by atoms with van der Waals surface area (Å²) in [6.07, 6.45) is 0. The number of benzene rings is 2. The molecule has 0 aliphatic rings. The lowest BCUT2D eigenvalue weighted by molar-refractivity contribution is 0.218. The highest BCUT2D eigenvalue weighted by Crippen LogP contribution is 2.29. The SMILES string of the molecule is COCCSc1ccc(CN)c2ccccc12. The molecule has 2 N–H and O–H groups in total. The normalized spacial score (nSPS) is 10.9. The summed E-state index contributed by atoms with van der Waals surface area (Å²) in [4.78, 5) is 1.30. The van der Waals surface area contributed by atoms with Crippen LogP contribution in [0.5, 0.6) is 0 Å². The molecular formula is C14H17NOS. The van der Waals surface area contributed by atoms with Crippen molar-refractivity contribution in [2.24, 2.45) is 5.73 Å². The lowest BCUT2D eigenvalue weighted by atomic mass is 10.0. The Morgan fingerprint density at radius 3 is 2.59 bits per heavy atom. The van der Waals surface area contributed by atoms with E-state index in [9.17, 15) is 0 Å². The minimum Gasteiger partial charge on any atom is -0.384 e. The van der Waals surface area contributed by atoms with E-state index in [1.54, 1.807) is 7.11 Å². The van der Waals surface area contributed by atoms with Crippen LogP contribution in [0.4, 0.5) is 0 Å². The standard InChI is InChI=1S/C14H17NOS/c1-16-8-9-17-14-7-6-11(10-15)12-4-2-3-5-13(12)14/h2-7H,8-10,15H2,1H3. The largest absolute Gasteiger partial charge is 0.384 e. The lowest BCUT2D eigenvalue weighted by Crippen LogP contribution is -1.98. The molecule has 17 heavy (non-hydrogen) atoms. The molecule has 0 bridgehead atoms. The van der Waals surface area contributed by atoms with Crippen LogP contribution in [-0.4, -0.2) is 19.5 Å². The summed E-state index contributed by atoms with van der Waals surface area (Å²) < 4.78 is 5.08. The minimum atomic E-state index is 0.587. The van der Waals surface area contributed by atoms with Gasteiger partial charge in [-0.1, -0.05) is 30.3 Å². The molecule has 2 nitrogen and oxygen atoms in total. The first-order valence-corrected chi connectivity index (χ1v) is 6.68. The smallest absolute Gasteiger partial charge is 0.0556 e. The van der Waals surface area contributed by atoms with Gasteiger partial charge in [-0.05, 0) is 22.4 Å². The number of thioether (sulfide) groups is 1. The van der Waals surface area contributed by atoms with E-state index in [1.807, 2.05) is 11.8 Å². The molecule has 0 radical (unpaired) electrons. The van der Waals surface area contributed by atoms with Gasteiger partial charge in [0.2, 0.25) is 0 Å². The Morgan fingerprint density at radius 2 is 1.88 bits per heavy atom. The monoisotopic (exact) mass is 247 g/mol. The maximum Gasteiger partial charge on any atom is 0.0556 e. The molecule has 3 heteroatoms. The second kappa shape index (κ2) is 6.05. The number of rotatable bonds is 5. The molecule has 2 aromatic carbocycles. The number of hydrogen-bond acceptors (Lipinski definition) is 3. The molecule has 0 heterocycles. The fourth-order valence-electron chi connectivity index (χ4n) is 1.87. The molecule has 2 rings (SSSR count). The van der Waals surface area contributed by atoms with Gasteiger partial charge in [-0.2, -0.15) is 0 Å². The first-order valence-electron chi connectivity index (χ1n) is 5.69. The summed E-state index contributed by atoms with van der Waals surface area (Å²) >= 11 is 1.83. The summed E-state index contributed by atoms with van der Waals surface area (Å²) in [5.74, 6) is 0.975. The van der Waals surface area contributed by atoms with Gasteiger partial charge in [0.1, 0.15) is 0 Å². The van der Waals surface area contributed by atoms with Gasteiger partial charge in [-0.15, -0.1) is 11.8 Å². The van der Waals surface area contributed by atoms with E-state index in [-0.39, 0.29) is 0 Å². The predicted octanol–water partition coefficient (Wildman–Crippen LogP) is 3.04. The van der Waals surface area contributed by atoms with E-state index in [0.29, 0.717) is 6.54 Å². The molecule has 0 fully saturated rings. The molecule has 0 aromatic heterocycles. The Hall–Kier alpha value is -1.03. The van der Waals surface area contributed by atoms with E-state index >= 15 is 0 Å². The molecule has 0 saturated heterocycles. The van der Waals surface area contributed by atoms with Crippen LogP contribution in [0.1, 0.15) is 5.56 Å². The minimum absolute atomic E-state index is 0.587. The number of hydrogen-bond donors (Lipinski definition) is 1. The second-order valence-electron chi connectivity index (χ2n) is 3.81. The number of fused-ring (bicyclic) bond motifs is 1. The third-order valence-corrected chi connectivity index (χ3v) is 3.78. The summed E-state index contributed by atoms with van der Waals surface area (Å²) in [6.45, 7) is 1.36. The Labute approximate surface area is 106 Å². The molecule has 0 amide bonds. The highest BCUT2D eigenvalue weighted by atomic mass is 32.2. The van der Waals surface area contributed by atoms with Crippen LogP contribution in [0, 0.1) is 0 Å². The molecule has 0 atom stereocenters. The van der Waals surface area contributed by atoms with Gasteiger partial charge in [0.15, 0.2) is 0 Å². The van der Waals surface area contributed by atoms with E-state index < -0.39 is 0 Å². The van der Waals surface area contributed by atoms with Crippen molar-refractivity contribution in [2.75, 3.05) is 19.5 Å². The number of nitrogens with two attached hydrogens (primary N) is 1. The van der Waals surface area contributed by atoms with Crippen LogP contribution >= 0.6 is 11.8 Å². The average Bonchev–Trinajstić information content (AvgIpc) is 2.39. The first kappa shape index (κ1) is 12.4. The fourth-order valence-corrected chi connectivity index (χ4v) is 2.84. The Bertz CT molecular complexity index is 499. The molecular weight excluding hydrogens is 230 g/mol. The third-order valence-electron chi connectivity index (χ3n) is 2.74. The van der Waals surface area contributed by atoms with E-state index in [0.717, 1.165) is 12.4 Å². The van der Waals surface area contributed by atoms with Crippen molar-refractivity contribution in [3.63, 3.8) is 0 Å². The van der Waals surface area contributed by atoms with Gasteiger partial charge in [0.05, 0.1) is 6.61 Å². The van der Waals surface area contributed by atoms with E-state index in [4.69, 9.17) is 10.5 Å². The second-order valence-corrected chi connectivity index (χ2v) is 4.95. The quantitative estimate of drug-likeness (QED) is 0.651. The maximum atomic E-state index is 5.76. The Balaban J connectivity index is 2.37. The molecule has 0 aliphatic heterocycles. The van der Waals surface area contributed by atoms with Crippen LogP contribution in [0.2, 0.25) is 0 Å². The number of methoxy groups -OCH3 is 1. The molecule has 0 spiro atoms. The summed E-state index contributed by atoms with van der Waals surface area (Å²) in [5, 5.41) is 2.55. The van der Waals surface area contributed by atoms with Gasteiger partial charge >= 0.3 is 0 Å². The zero-order chi connectivity index (χ0) is 12.1. The highest BCUT2D eigenvalue weighted by Gasteiger charge is 2.04. The van der Waals surface area contributed by atoms with Crippen LogP contribution in [0.3, 0.4) is 0 Å². The van der Waals surface area contributed by atoms with Gasteiger partial charge in [0.25, 0.3) is 0 Å². The van der Waals surface area contributed by atoms with Crippen molar-refractivity contribution >= 4 is 22.5 Å². The first-order chi connectivity index (χ1) is 8.36. The molecule has 0 aliphatic carbocycles. The van der Waals surface area contributed by atoms with Crippen LogP contribution in [0.25, 0.3) is 10.8 Å². The van der Waals surface area contributed by atoms with Gasteiger partial charge in [-0.25, -0.2) is 0 Å². The maximum absolute atomic E-state index is 5.76. The predicted molar refractivity (Wildman–Crippen MR) is 74.4 cm³/mol. The van der Waals surface area contributed by atoms with E-state index in [1.165, 1.54) is 21.2 Å². The van der Waals surface area contributed by atoms with Crippen molar-refractivity contribution < 1.29 is 4.74 Å². The topological polar surface area (TPSA) is 35.2 Å². The third kappa shape index (κ3) is 2.80. The van der Waals surface area contributed by atoms with Crippen molar-refractivity contribution in [2.45, 2.75) is 11.4 Å². The van der Waals surface area contributed by atoms with Crippen LogP contribution in [0.15, 0.2) is 41.3 Å². The summed E-state index contributed by atoms with van der Waals surface area (Å²) in [6, 6.07) is 12.7. The Kier molecular flexibility index (Phi) is 4.42. The van der Waals surface area contributed by atoms with Gasteiger partial charge in [0, 0.05) is 24.3 Å². The van der Waals surface area contributed by atoms with Gasteiger partial charge in [-0.3, -0.25) is 0 Å². The Morgan fingerprint density at radius 1 is 1.12 bits per heavy atom.